The van der Waals surface area contributed by atoms with Gasteiger partial charge >= 0.3 is 0 Å². The molecule has 8 aromatic carbocycles. The number of hydrogen-bond donors (Lipinski definition) is 0. The number of aromatic nitrogens is 1. The van der Waals surface area contributed by atoms with Gasteiger partial charge in [-0.2, -0.15) is 0 Å². The monoisotopic (exact) mass is 723 g/mol. The zero-order valence-electron chi connectivity index (χ0n) is 30.6. The smallest absolute Gasteiger partial charge is 0.0601 e. The summed E-state index contributed by atoms with van der Waals surface area (Å²) < 4.78 is 2.43. The van der Waals surface area contributed by atoms with Gasteiger partial charge in [0.05, 0.1) is 22.4 Å². The molecule has 0 radical (unpaired) electrons. The molecule has 2 heterocycles. The predicted molar refractivity (Wildman–Crippen MR) is 232 cm³/mol. The van der Waals surface area contributed by atoms with Gasteiger partial charge in [-0.1, -0.05) is 123 Å². The fourth-order valence-electron chi connectivity index (χ4n) is 8.97. The van der Waals surface area contributed by atoms with E-state index in [-0.39, 0.29) is 5.41 Å². The van der Waals surface area contributed by atoms with E-state index in [1.54, 1.807) is 0 Å². The van der Waals surface area contributed by atoms with Crippen molar-refractivity contribution in [3.05, 3.63) is 199 Å². The van der Waals surface area contributed by atoms with Crippen LogP contribution in [0.1, 0.15) is 25.0 Å². The third kappa shape index (κ3) is 4.91. The highest BCUT2D eigenvalue weighted by atomic mass is 32.2. The summed E-state index contributed by atoms with van der Waals surface area (Å²) in [4.78, 5) is 7.33. The van der Waals surface area contributed by atoms with E-state index in [1.165, 1.54) is 65.2 Å². The van der Waals surface area contributed by atoms with E-state index in [0.717, 1.165) is 28.4 Å². The molecule has 0 fully saturated rings. The standard InChI is InChI=1S/C51H37N3S/c1-51(2)43-18-8-6-16-39(43)40-30-28-37(32-44(40)51)52(34-14-4-3-5-15-34)38-29-31-42-41-17-7-9-19-45(41)53(48(42)33-38)35-24-26-36(27-25-35)54-46-20-10-12-22-49(46)55-50-23-13-11-21-47(50)54/h3-33H,1-2H3. The molecule has 0 spiro atoms. The molecule has 1 aliphatic heterocycles. The lowest BCUT2D eigenvalue weighted by molar-refractivity contribution is 0.660. The van der Waals surface area contributed by atoms with Gasteiger partial charge < -0.3 is 14.4 Å². The second kappa shape index (κ2) is 12.3. The van der Waals surface area contributed by atoms with Crippen LogP contribution in [0, 0.1) is 0 Å². The summed E-state index contributed by atoms with van der Waals surface area (Å²) in [6.07, 6.45) is 0. The number of benzene rings is 8. The van der Waals surface area contributed by atoms with Crippen LogP contribution in [0.25, 0.3) is 38.6 Å². The predicted octanol–water partition coefficient (Wildman–Crippen LogP) is 14.5. The second-order valence-corrected chi connectivity index (χ2v) is 16.1. The lowest BCUT2D eigenvalue weighted by Gasteiger charge is -2.32. The highest BCUT2D eigenvalue weighted by Gasteiger charge is 2.36. The molecule has 0 amide bonds. The first-order valence-corrected chi connectivity index (χ1v) is 19.8. The highest BCUT2D eigenvalue weighted by Crippen LogP contribution is 2.52. The van der Waals surface area contributed by atoms with Crippen LogP contribution in [0.3, 0.4) is 0 Å². The molecule has 1 aromatic heterocycles. The first-order chi connectivity index (χ1) is 27.0. The van der Waals surface area contributed by atoms with Crippen molar-refractivity contribution >= 4 is 67.7 Å². The fourth-order valence-corrected chi connectivity index (χ4v) is 10.0. The molecule has 4 heteroatoms. The van der Waals surface area contributed by atoms with Crippen molar-refractivity contribution in [1.82, 2.24) is 4.57 Å². The average Bonchev–Trinajstić information content (AvgIpc) is 3.68. The lowest BCUT2D eigenvalue weighted by Crippen LogP contribution is -2.16. The first-order valence-electron chi connectivity index (χ1n) is 18.9. The Morgan fingerprint density at radius 1 is 0.436 bits per heavy atom. The Morgan fingerprint density at radius 3 is 1.80 bits per heavy atom. The van der Waals surface area contributed by atoms with Crippen molar-refractivity contribution in [2.45, 2.75) is 29.1 Å². The van der Waals surface area contributed by atoms with E-state index in [9.17, 15) is 0 Å². The number of rotatable bonds is 5. The van der Waals surface area contributed by atoms with Crippen molar-refractivity contribution in [2.75, 3.05) is 9.80 Å². The molecule has 0 N–H and O–H groups in total. The first kappa shape index (κ1) is 32.0. The summed E-state index contributed by atoms with van der Waals surface area (Å²) in [5.41, 5.74) is 15.8. The van der Waals surface area contributed by atoms with Gasteiger partial charge in [0.2, 0.25) is 0 Å². The molecule has 0 saturated carbocycles. The van der Waals surface area contributed by atoms with E-state index in [4.69, 9.17) is 0 Å². The maximum atomic E-state index is 2.43. The zero-order valence-corrected chi connectivity index (χ0v) is 31.5. The molecule has 0 saturated heterocycles. The zero-order chi connectivity index (χ0) is 36.7. The van der Waals surface area contributed by atoms with Crippen LogP contribution >= 0.6 is 11.8 Å². The molecule has 1 aliphatic carbocycles. The molecule has 262 valence electrons. The van der Waals surface area contributed by atoms with E-state index in [0.29, 0.717) is 0 Å². The summed E-state index contributed by atoms with van der Waals surface area (Å²) in [7, 11) is 0. The minimum atomic E-state index is -0.0932. The van der Waals surface area contributed by atoms with Gasteiger partial charge in [-0.15, -0.1) is 0 Å². The summed E-state index contributed by atoms with van der Waals surface area (Å²) in [6, 6.07) is 68.9. The molecule has 2 aliphatic rings. The molecule has 11 rings (SSSR count). The molecule has 0 bridgehead atoms. The van der Waals surface area contributed by atoms with Crippen LogP contribution in [-0.4, -0.2) is 4.57 Å². The number of para-hydroxylation sites is 4. The maximum absolute atomic E-state index is 2.43. The van der Waals surface area contributed by atoms with E-state index in [2.05, 4.69) is 216 Å². The van der Waals surface area contributed by atoms with Gasteiger partial charge in [0.15, 0.2) is 0 Å². The second-order valence-electron chi connectivity index (χ2n) is 15.0. The normalized spacial score (nSPS) is 13.7. The molecule has 0 unspecified atom stereocenters. The summed E-state index contributed by atoms with van der Waals surface area (Å²) in [5, 5.41) is 2.48. The molecule has 55 heavy (non-hydrogen) atoms. The van der Waals surface area contributed by atoms with Crippen molar-refractivity contribution < 1.29 is 0 Å². The van der Waals surface area contributed by atoms with E-state index >= 15 is 0 Å². The van der Waals surface area contributed by atoms with Crippen molar-refractivity contribution in [3.8, 4) is 16.8 Å². The van der Waals surface area contributed by atoms with Crippen LogP contribution in [0.2, 0.25) is 0 Å². The maximum Gasteiger partial charge on any atom is 0.0601 e. The van der Waals surface area contributed by atoms with Crippen molar-refractivity contribution in [2.24, 2.45) is 0 Å². The van der Waals surface area contributed by atoms with Gasteiger partial charge in [-0.3, -0.25) is 0 Å². The van der Waals surface area contributed by atoms with Gasteiger partial charge in [0.1, 0.15) is 0 Å². The molecule has 9 aromatic rings. The third-order valence-electron chi connectivity index (χ3n) is 11.6. The van der Waals surface area contributed by atoms with Gasteiger partial charge in [-0.05, 0) is 113 Å². The fraction of sp³-hybridized carbons (Fsp3) is 0.0588. The van der Waals surface area contributed by atoms with Crippen LogP contribution in [0.5, 0.6) is 0 Å². The molecule has 3 nitrogen and oxygen atoms in total. The van der Waals surface area contributed by atoms with E-state index in [1.807, 2.05) is 11.8 Å². The Morgan fingerprint density at radius 2 is 1.02 bits per heavy atom. The average molecular weight is 724 g/mol. The molecule has 0 atom stereocenters. The van der Waals surface area contributed by atoms with Crippen molar-refractivity contribution in [3.63, 3.8) is 0 Å². The van der Waals surface area contributed by atoms with Gasteiger partial charge in [0, 0.05) is 54.4 Å². The summed E-state index contributed by atoms with van der Waals surface area (Å²) in [5.74, 6) is 0. The minimum absolute atomic E-state index is 0.0932. The number of hydrogen-bond acceptors (Lipinski definition) is 3. The number of anilines is 6. The van der Waals surface area contributed by atoms with Crippen LogP contribution < -0.4 is 9.80 Å². The van der Waals surface area contributed by atoms with Crippen molar-refractivity contribution in [1.29, 1.82) is 0 Å². The topological polar surface area (TPSA) is 11.4 Å². The number of nitrogens with zero attached hydrogens (tertiary/aromatic N) is 3. The van der Waals surface area contributed by atoms with E-state index < -0.39 is 0 Å². The van der Waals surface area contributed by atoms with Crippen LogP contribution in [-0.2, 0) is 5.41 Å². The summed E-state index contributed by atoms with van der Waals surface area (Å²) in [6.45, 7) is 4.71. The third-order valence-corrected chi connectivity index (χ3v) is 12.7. The molecular weight excluding hydrogens is 687 g/mol. The Bertz CT molecular complexity index is 2900. The largest absolute Gasteiger partial charge is 0.310 e. The lowest BCUT2D eigenvalue weighted by atomic mass is 9.82. The Hall–Kier alpha value is -6.49. The summed E-state index contributed by atoms with van der Waals surface area (Å²) >= 11 is 1.84. The molecular formula is C51H37N3S. The van der Waals surface area contributed by atoms with Crippen LogP contribution in [0.15, 0.2) is 198 Å². The Kier molecular flexibility index (Phi) is 7.14. The highest BCUT2D eigenvalue weighted by molar-refractivity contribution is 7.99. The number of fused-ring (bicyclic) bond motifs is 8. The van der Waals surface area contributed by atoms with Gasteiger partial charge in [0.25, 0.3) is 0 Å². The minimum Gasteiger partial charge on any atom is -0.310 e. The Balaban J connectivity index is 1.06. The Labute approximate surface area is 325 Å². The van der Waals surface area contributed by atoms with Crippen LogP contribution in [0.4, 0.5) is 34.1 Å². The SMILES string of the molecule is CC1(C)c2ccccc2-c2ccc(N(c3ccccc3)c3ccc4c5ccccc5n(-c5ccc(N6c7ccccc7Sc7ccccc76)cc5)c4c3)cc21. The quantitative estimate of drug-likeness (QED) is 0.175. The van der Waals surface area contributed by atoms with Gasteiger partial charge in [-0.25, -0.2) is 0 Å².